The molecule has 0 radical (unpaired) electrons. The largest absolute Gasteiger partial charge is 0.493 e. The Morgan fingerprint density at radius 2 is 2.00 bits per heavy atom. The number of alkyl halides is 1. The first-order valence-electron chi connectivity index (χ1n) is 5.74. The lowest BCUT2D eigenvalue weighted by molar-refractivity contribution is 0.340. The second kappa shape index (κ2) is 5.87. The van der Waals surface area contributed by atoms with E-state index in [1.54, 1.807) is 0 Å². The van der Waals surface area contributed by atoms with Crippen LogP contribution in [0.2, 0.25) is 0 Å². The number of allylic oxidation sites excluding steroid dienone is 1. The van der Waals surface area contributed by atoms with Crippen LogP contribution < -0.4 is 4.74 Å². The lowest BCUT2D eigenvalue weighted by Crippen LogP contribution is -1.94. The zero-order chi connectivity index (χ0) is 12.1. The van der Waals surface area contributed by atoms with Gasteiger partial charge in [0.05, 0.1) is 6.61 Å². The standard InChI is InChI=1S/C15H15BrO/c1-2-17-15-10-9-12-6-3-4-7-13(12)14(15)8-5-11-16/h3-10H,2,11H2,1H3. The molecule has 2 rings (SSSR count). The van der Waals surface area contributed by atoms with E-state index < -0.39 is 0 Å². The third kappa shape index (κ3) is 2.70. The fourth-order valence-corrected chi connectivity index (χ4v) is 2.08. The SMILES string of the molecule is CCOc1ccc2ccccc2c1C=CCBr. The zero-order valence-electron chi connectivity index (χ0n) is 9.82. The predicted molar refractivity (Wildman–Crippen MR) is 77.9 cm³/mol. The quantitative estimate of drug-likeness (QED) is 0.745. The summed E-state index contributed by atoms with van der Waals surface area (Å²) in [5.74, 6) is 0.948. The van der Waals surface area contributed by atoms with Crippen molar-refractivity contribution in [3.05, 3.63) is 48.0 Å². The van der Waals surface area contributed by atoms with Gasteiger partial charge in [-0.05, 0) is 23.8 Å². The Morgan fingerprint density at radius 3 is 2.76 bits per heavy atom. The van der Waals surface area contributed by atoms with Gasteiger partial charge >= 0.3 is 0 Å². The Kier molecular flexibility index (Phi) is 4.21. The van der Waals surface area contributed by atoms with Crippen LogP contribution in [0, 0.1) is 0 Å². The molecule has 0 saturated heterocycles. The summed E-state index contributed by atoms with van der Waals surface area (Å²) < 4.78 is 5.68. The second-order valence-corrected chi connectivity index (χ2v) is 4.34. The van der Waals surface area contributed by atoms with Crippen molar-refractivity contribution in [2.24, 2.45) is 0 Å². The van der Waals surface area contributed by atoms with Crippen LogP contribution in [0.1, 0.15) is 12.5 Å². The van der Waals surface area contributed by atoms with E-state index in [1.165, 1.54) is 10.8 Å². The minimum absolute atomic E-state index is 0.688. The van der Waals surface area contributed by atoms with Crippen LogP contribution in [0.25, 0.3) is 16.8 Å². The van der Waals surface area contributed by atoms with Crippen LogP contribution in [0.15, 0.2) is 42.5 Å². The number of rotatable bonds is 4. The smallest absolute Gasteiger partial charge is 0.127 e. The van der Waals surface area contributed by atoms with E-state index in [0.717, 1.165) is 16.6 Å². The van der Waals surface area contributed by atoms with Crippen LogP contribution >= 0.6 is 15.9 Å². The molecule has 1 nitrogen and oxygen atoms in total. The maximum Gasteiger partial charge on any atom is 0.127 e. The maximum absolute atomic E-state index is 5.68. The highest BCUT2D eigenvalue weighted by Crippen LogP contribution is 2.29. The summed E-state index contributed by atoms with van der Waals surface area (Å²) in [6.45, 7) is 2.70. The Balaban J connectivity index is 2.61. The average molecular weight is 291 g/mol. The Hall–Kier alpha value is -1.28. The lowest BCUT2D eigenvalue weighted by atomic mass is 10.0. The molecular weight excluding hydrogens is 276 g/mol. The predicted octanol–water partition coefficient (Wildman–Crippen LogP) is 4.65. The molecule has 2 aromatic rings. The molecule has 0 unspecified atom stereocenters. The molecule has 0 fully saturated rings. The molecule has 0 spiro atoms. The van der Waals surface area contributed by atoms with Crippen molar-refractivity contribution in [3.8, 4) is 5.75 Å². The van der Waals surface area contributed by atoms with Gasteiger partial charge < -0.3 is 4.74 Å². The monoisotopic (exact) mass is 290 g/mol. The van der Waals surface area contributed by atoms with Crippen LogP contribution in [-0.4, -0.2) is 11.9 Å². The summed E-state index contributed by atoms with van der Waals surface area (Å²) in [6, 6.07) is 12.5. The van der Waals surface area contributed by atoms with Crippen LogP contribution in [0.4, 0.5) is 0 Å². The number of fused-ring (bicyclic) bond motifs is 1. The van der Waals surface area contributed by atoms with Crippen LogP contribution in [-0.2, 0) is 0 Å². The summed E-state index contributed by atoms with van der Waals surface area (Å²) in [6.07, 6.45) is 4.20. The van der Waals surface area contributed by atoms with Gasteiger partial charge in [-0.15, -0.1) is 0 Å². The van der Waals surface area contributed by atoms with Gasteiger partial charge in [0.1, 0.15) is 5.75 Å². The van der Waals surface area contributed by atoms with E-state index in [4.69, 9.17) is 4.74 Å². The van der Waals surface area contributed by atoms with Gasteiger partial charge in [-0.3, -0.25) is 0 Å². The third-order valence-corrected chi connectivity index (χ3v) is 2.98. The molecule has 2 heteroatoms. The van der Waals surface area contributed by atoms with Crippen LogP contribution in [0.3, 0.4) is 0 Å². The average Bonchev–Trinajstić information content (AvgIpc) is 2.37. The summed E-state index contributed by atoms with van der Waals surface area (Å²) in [5, 5.41) is 3.32. The van der Waals surface area contributed by atoms with E-state index in [0.29, 0.717) is 6.61 Å². The van der Waals surface area contributed by atoms with Gasteiger partial charge in [-0.2, -0.15) is 0 Å². The first-order chi connectivity index (χ1) is 8.36. The van der Waals surface area contributed by atoms with Crippen molar-refractivity contribution in [1.29, 1.82) is 0 Å². The highest BCUT2D eigenvalue weighted by molar-refractivity contribution is 9.09. The molecule has 0 bridgehead atoms. The molecule has 2 aromatic carbocycles. The third-order valence-electron chi connectivity index (χ3n) is 2.60. The van der Waals surface area contributed by atoms with Crippen molar-refractivity contribution in [2.45, 2.75) is 6.92 Å². The highest BCUT2D eigenvalue weighted by Gasteiger charge is 2.05. The van der Waals surface area contributed by atoms with Gasteiger partial charge in [0.15, 0.2) is 0 Å². The number of benzene rings is 2. The molecule has 0 amide bonds. The highest BCUT2D eigenvalue weighted by atomic mass is 79.9. The molecule has 0 heterocycles. The minimum Gasteiger partial charge on any atom is -0.493 e. The van der Waals surface area contributed by atoms with Crippen molar-refractivity contribution in [3.63, 3.8) is 0 Å². The van der Waals surface area contributed by atoms with E-state index in [1.807, 2.05) is 13.0 Å². The number of halogens is 1. The van der Waals surface area contributed by atoms with Crippen molar-refractivity contribution in [2.75, 3.05) is 11.9 Å². The van der Waals surface area contributed by atoms with Crippen molar-refractivity contribution >= 4 is 32.8 Å². The summed E-state index contributed by atoms with van der Waals surface area (Å²) >= 11 is 3.41. The maximum atomic E-state index is 5.68. The second-order valence-electron chi connectivity index (χ2n) is 3.69. The van der Waals surface area contributed by atoms with Gasteiger partial charge in [-0.25, -0.2) is 0 Å². The van der Waals surface area contributed by atoms with Gasteiger partial charge in [-0.1, -0.05) is 58.4 Å². The molecule has 0 aliphatic carbocycles. The van der Waals surface area contributed by atoms with E-state index in [2.05, 4.69) is 58.4 Å². The molecular formula is C15H15BrO. The molecule has 0 aliphatic heterocycles. The van der Waals surface area contributed by atoms with E-state index >= 15 is 0 Å². The summed E-state index contributed by atoms with van der Waals surface area (Å²) in [5.41, 5.74) is 1.16. The topological polar surface area (TPSA) is 9.23 Å². The normalized spacial score (nSPS) is 11.2. The molecule has 0 saturated carbocycles. The molecule has 0 atom stereocenters. The van der Waals surface area contributed by atoms with Crippen molar-refractivity contribution in [1.82, 2.24) is 0 Å². The molecule has 0 aromatic heterocycles. The van der Waals surface area contributed by atoms with E-state index in [9.17, 15) is 0 Å². The molecule has 88 valence electrons. The first-order valence-corrected chi connectivity index (χ1v) is 6.86. The molecule has 0 N–H and O–H groups in total. The number of hydrogen-bond donors (Lipinski definition) is 0. The fraction of sp³-hybridized carbons (Fsp3) is 0.200. The van der Waals surface area contributed by atoms with Gasteiger partial charge in [0.25, 0.3) is 0 Å². The molecule has 0 aliphatic rings. The molecule has 17 heavy (non-hydrogen) atoms. The Bertz CT molecular complexity index is 531. The Labute approximate surface area is 110 Å². The van der Waals surface area contributed by atoms with Crippen molar-refractivity contribution < 1.29 is 4.74 Å². The van der Waals surface area contributed by atoms with Crippen LogP contribution in [0.5, 0.6) is 5.75 Å². The van der Waals surface area contributed by atoms with Gasteiger partial charge in [0, 0.05) is 10.9 Å². The first kappa shape index (κ1) is 12.2. The van der Waals surface area contributed by atoms with Gasteiger partial charge in [0.2, 0.25) is 0 Å². The number of hydrogen-bond acceptors (Lipinski definition) is 1. The Morgan fingerprint density at radius 1 is 1.18 bits per heavy atom. The zero-order valence-corrected chi connectivity index (χ0v) is 11.4. The fourth-order valence-electron chi connectivity index (χ4n) is 1.89. The van der Waals surface area contributed by atoms with E-state index in [-0.39, 0.29) is 0 Å². The lowest BCUT2D eigenvalue weighted by Gasteiger charge is -2.10. The summed E-state index contributed by atoms with van der Waals surface area (Å²) in [4.78, 5) is 0. The number of ether oxygens (including phenoxy) is 1. The summed E-state index contributed by atoms with van der Waals surface area (Å²) in [7, 11) is 0. The minimum atomic E-state index is 0.688.